The number of ether oxygens (including phenoxy) is 1. The summed E-state index contributed by atoms with van der Waals surface area (Å²) in [6, 6.07) is 0. The molecule has 2 rings (SSSR count). The molecule has 1 atom stereocenters. The van der Waals surface area contributed by atoms with Crippen LogP contribution in [0.5, 0.6) is 0 Å². The molecule has 1 fully saturated rings. The molecule has 84 valence electrons. The second-order valence-corrected chi connectivity index (χ2v) is 5.87. The zero-order valence-electron chi connectivity index (χ0n) is 9.54. The van der Waals surface area contributed by atoms with E-state index in [9.17, 15) is 0 Å². The van der Waals surface area contributed by atoms with Gasteiger partial charge in [-0.05, 0) is 27.2 Å². The summed E-state index contributed by atoms with van der Waals surface area (Å²) in [7, 11) is 0. The van der Waals surface area contributed by atoms with Crippen molar-refractivity contribution < 1.29 is 4.74 Å². The normalized spacial score (nSPS) is 21.9. The number of aromatic nitrogens is 1. The summed E-state index contributed by atoms with van der Waals surface area (Å²) in [6.07, 6.45) is 1.11. The Balaban J connectivity index is 2.03. The van der Waals surface area contributed by atoms with Gasteiger partial charge in [-0.1, -0.05) is 0 Å². The van der Waals surface area contributed by atoms with Crippen LogP contribution in [0, 0.1) is 0 Å². The Labute approximate surface area is 94.9 Å². The molecule has 1 saturated heterocycles. The zero-order valence-corrected chi connectivity index (χ0v) is 10.4. The van der Waals surface area contributed by atoms with E-state index in [4.69, 9.17) is 4.74 Å². The van der Waals surface area contributed by atoms with E-state index in [1.165, 1.54) is 5.69 Å². The molecule has 0 aromatic carbocycles. The molecule has 2 heterocycles. The molecular weight excluding hydrogens is 208 g/mol. The van der Waals surface area contributed by atoms with E-state index in [2.05, 4.69) is 36.5 Å². The van der Waals surface area contributed by atoms with Crippen LogP contribution >= 0.6 is 11.3 Å². The van der Waals surface area contributed by atoms with E-state index in [1.807, 2.05) is 0 Å². The minimum Gasteiger partial charge on any atom is -0.381 e. The summed E-state index contributed by atoms with van der Waals surface area (Å²) < 4.78 is 5.37. The molecule has 3 nitrogen and oxygen atoms in total. The first-order chi connectivity index (χ1) is 7.04. The van der Waals surface area contributed by atoms with E-state index < -0.39 is 0 Å². The molecule has 1 N–H and O–H groups in total. The van der Waals surface area contributed by atoms with Gasteiger partial charge in [-0.15, -0.1) is 11.3 Å². The highest BCUT2D eigenvalue weighted by atomic mass is 32.1. The number of thiazole rings is 1. The molecule has 0 aliphatic carbocycles. The average molecular weight is 226 g/mol. The first-order valence-electron chi connectivity index (χ1n) is 5.36. The van der Waals surface area contributed by atoms with E-state index >= 15 is 0 Å². The molecule has 1 aliphatic rings. The Kier molecular flexibility index (Phi) is 2.98. The second kappa shape index (κ2) is 4.10. The van der Waals surface area contributed by atoms with Crippen LogP contribution in [0.4, 0.5) is 5.13 Å². The summed E-state index contributed by atoms with van der Waals surface area (Å²) in [4.78, 5) is 4.61. The molecule has 1 unspecified atom stereocenters. The summed E-state index contributed by atoms with van der Waals surface area (Å²) in [5, 5.41) is 6.56. The summed E-state index contributed by atoms with van der Waals surface area (Å²) in [5.41, 5.74) is 1.27. The summed E-state index contributed by atoms with van der Waals surface area (Å²) in [5.74, 6) is 0.511. The third-order valence-corrected chi connectivity index (χ3v) is 3.13. The summed E-state index contributed by atoms with van der Waals surface area (Å²) in [6.45, 7) is 8.15. The van der Waals surface area contributed by atoms with Crippen LogP contribution < -0.4 is 5.32 Å². The number of hydrogen-bond donors (Lipinski definition) is 1. The predicted octanol–water partition coefficient (Wildman–Crippen LogP) is 2.86. The largest absolute Gasteiger partial charge is 0.381 e. The number of rotatable bonds is 2. The lowest BCUT2D eigenvalue weighted by Gasteiger charge is -2.19. The van der Waals surface area contributed by atoms with Gasteiger partial charge in [0.25, 0.3) is 0 Å². The van der Waals surface area contributed by atoms with Crippen molar-refractivity contribution in [2.24, 2.45) is 0 Å². The van der Waals surface area contributed by atoms with Crippen LogP contribution in [0.2, 0.25) is 0 Å². The van der Waals surface area contributed by atoms with Crippen LogP contribution in [0.1, 0.15) is 38.8 Å². The number of anilines is 1. The van der Waals surface area contributed by atoms with Crippen molar-refractivity contribution in [3.8, 4) is 0 Å². The molecule has 4 heteroatoms. The van der Waals surface area contributed by atoms with Crippen LogP contribution in [0.25, 0.3) is 0 Å². The maximum absolute atomic E-state index is 5.37. The zero-order chi connectivity index (χ0) is 10.9. The third-order valence-electron chi connectivity index (χ3n) is 2.35. The molecule has 1 aromatic heterocycles. The molecule has 1 aromatic rings. The van der Waals surface area contributed by atoms with Crippen LogP contribution in [0.3, 0.4) is 0 Å². The van der Waals surface area contributed by atoms with Gasteiger partial charge in [0.2, 0.25) is 0 Å². The molecule has 1 aliphatic heterocycles. The lowest BCUT2D eigenvalue weighted by atomic mass is 10.1. The molecule has 0 radical (unpaired) electrons. The van der Waals surface area contributed by atoms with Crippen molar-refractivity contribution in [3.63, 3.8) is 0 Å². The SMILES string of the molecule is CC(C)(C)Nc1nc(C2CCOC2)cs1. The monoisotopic (exact) mass is 226 g/mol. The Morgan fingerprint density at radius 3 is 2.93 bits per heavy atom. The van der Waals surface area contributed by atoms with Crippen molar-refractivity contribution in [2.75, 3.05) is 18.5 Å². The molecule has 0 amide bonds. The van der Waals surface area contributed by atoms with E-state index in [-0.39, 0.29) is 5.54 Å². The van der Waals surface area contributed by atoms with E-state index in [0.29, 0.717) is 5.92 Å². The molecule has 15 heavy (non-hydrogen) atoms. The van der Waals surface area contributed by atoms with Gasteiger partial charge in [0.1, 0.15) is 0 Å². The lowest BCUT2D eigenvalue weighted by Crippen LogP contribution is -2.25. The topological polar surface area (TPSA) is 34.2 Å². The maximum Gasteiger partial charge on any atom is 0.183 e. The van der Waals surface area contributed by atoms with Crippen molar-refractivity contribution in [1.29, 1.82) is 0 Å². The minimum absolute atomic E-state index is 0.0846. The fourth-order valence-electron chi connectivity index (χ4n) is 1.62. The maximum atomic E-state index is 5.37. The summed E-state index contributed by atoms with van der Waals surface area (Å²) >= 11 is 1.69. The molecular formula is C11H18N2OS. The fraction of sp³-hybridized carbons (Fsp3) is 0.727. The minimum atomic E-state index is 0.0846. The van der Waals surface area contributed by atoms with Gasteiger partial charge in [-0.25, -0.2) is 4.98 Å². The highest BCUT2D eigenvalue weighted by molar-refractivity contribution is 7.13. The Morgan fingerprint density at radius 2 is 2.33 bits per heavy atom. The van der Waals surface area contributed by atoms with Gasteiger partial charge in [0.05, 0.1) is 12.3 Å². The van der Waals surface area contributed by atoms with Gasteiger partial charge in [-0.3, -0.25) is 0 Å². The molecule has 0 spiro atoms. The van der Waals surface area contributed by atoms with Crippen molar-refractivity contribution in [3.05, 3.63) is 11.1 Å². The van der Waals surface area contributed by atoms with Gasteiger partial charge < -0.3 is 10.1 Å². The van der Waals surface area contributed by atoms with E-state index in [0.717, 1.165) is 24.8 Å². The lowest BCUT2D eigenvalue weighted by molar-refractivity contribution is 0.193. The van der Waals surface area contributed by atoms with Gasteiger partial charge in [0.15, 0.2) is 5.13 Å². The van der Waals surface area contributed by atoms with Crippen molar-refractivity contribution in [2.45, 2.75) is 38.6 Å². The van der Waals surface area contributed by atoms with Crippen molar-refractivity contribution >= 4 is 16.5 Å². The fourth-order valence-corrected chi connectivity index (χ4v) is 2.62. The second-order valence-electron chi connectivity index (χ2n) is 5.01. The van der Waals surface area contributed by atoms with Crippen LogP contribution in [-0.2, 0) is 4.74 Å². The quantitative estimate of drug-likeness (QED) is 0.842. The number of hydrogen-bond acceptors (Lipinski definition) is 4. The number of nitrogens with zero attached hydrogens (tertiary/aromatic N) is 1. The first kappa shape index (κ1) is 10.9. The van der Waals surface area contributed by atoms with Crippen LogP contribution in [-0.4, -0.2) is 23.7 Å². The van der Waals surface area contributed by atoms with E-state index in [1.54, 1.807) is 11.3 Å². The Hall–Kier alpha value is -0.610. The Bertz CT molecular complexity index is 324. The standard InChI is InChI=1S/C11H18N2OS/c1-11(2,3)13-10-12-9(7-15-10)8-4-5-14-6-8/h7-8H,4-6H2,1-3H3,(H,12,13). The Morgan fingerprint density at radius 1 is 1.53 bits per heavy atom. The average Bonchev–Trinajstić information content (AvgIpc) is 2.68. The van der Waals surface area contributed by atoms with Gasteiger partial charge >= 0.3 is 0 Å². The predicted molar refractivity (Wildman–Crippen MR) is 63.7 cm³/mol. The third kappa shape index (κ3) is 2.92. The highest BCUT2D eigenvalue weighted by Gasteiger charge is 2.21. The van der Waals surface area contributed by atoms with Crippen LogP contribution in [0.15, 0.2) is 5.38 Å². The molecule has 0 saturated carbocycles. The smallest absolute Gasteiger partial charge is 0.183 e. The molecule has 0 bridgehead atoms. The van der Waals surface area contributed by atoms with Gasteiger partial charge in [-0.2, -0.15) is 0 Å². The highest BCUT2D eigenvalue weighted by Crippen LogP contribution is 2.29. The first-order valence-corrected chi connectivity index (χ1v) is 6.24. The number of nitrogens with one attached hydrogen (secondary N) is 1. The van der Waals surface area contributed by atoms with Crippen molar-refractivity contribution in [1.82, 2.24) is 4.98 Å². The van der Waals surface area contributed by atoms with Gasteiger partial charge in [0, 0.05) is 23.4 Å².